The van der Waals surface area contributed by atoms with Crippen molar-refractivity contribution in [1.29, 1.82) is 0 Å². The van der Waals surface area contributed by atoms with Gasteiger partial charge in [-0.05, 0) is 36.6 Å². The molecule has 10 heteroatoms. The first-order chi connectivity index (χ1) is 12.6. The molecule has 1 unspecified atom stereocenters. The third-order valence-electron chi connectivity index (χ3n) is 3.50. The Kier molecular flexibility index (Phi) is 8.08. The van der Waals surface area contributed by atoms with Gasteiger partial charge in [0.15, 0.2) is 5.11 Å². The molecule has 1 fully saturated rings. The molecule has 138 valence electrons. The summed E-state index contributed by atoms with van der Waals surface area (Å²) in [7, 11) is 3.38. The molecule has 0 radical (unpaired) electrons. The molecule has 1 N–H and O–H groups in total. The summed E-state index contributed by atoms with van der Waals surface area (Å²) in [6, 6.07) is 7.14. The van der Waals surface area contributed by atoms with Crippen molar-refractivity contribution in [1.82, 2.24) is 20.4 Å². The number of benzene rings is 1. The molecule has 1 saturated heterocycles. The zero-order chi connectivity index (χ0) is 18.9. The Hall–Kier alpha value is -1.90. The van der Waals surface area contributed by atoms with Gasteiger partial charge in [0.2, 0.25) is 5.82 Å². The molecule has 1 aliphatic rings. The number of morpholine rings is 1. The standard InChI is InChI=1S/C14H15ClN4O2S.C2H3NS/c1-16-14(22)19-5-6-20-8-11(19)13-17-12(18-21-13)9-3-2-4-10(15)7-9;1-3-2-4/h2-4,7,11H,5-6,8H2,1H3,(H,16,22);1H3. The largest absolute Gasteiger partial charge is 0.377 e. The Morgan fingerprint density at radius 3 is 2.92 bits per heavy atom. The number of nitrogens with one attached hydrogen (secondary N) is 1. The lowest BCUT2D eigenvalue weighted by molar-refractivity contribution is 0.0138. The molecule has 1 atom stereocenters. The highest BCUT2D eigenvalue weighted by Gasteiger charge is 2.31. The van der Waals surface area contributed by atoms with Crippen LogP contribution in [0, 0.1) is 0 Å². The van der Waals surface area contributed by atoms with Crippen molar-refractivity contribution in [3.8, 4) is 11.4 Å². The Morgan fingerprint density at radius 2 is 2.27 bits per heavy atom. The summed E-state index contributed by atoms with van der Waals surface area (Å²) < 4.78 is 10.9. The number of halogens is 1. The molecule has 1 aliphatic heterocycles. The first-order valence-electron chi connectivity index (χ1n) is 7.72. The number of aliphatic imine (C=N–C) groups is 1. The second-order valence-corrected chi connectivity index (χ2v) is 6.13. The lowest BCUT2D eigenvalue weighted by atomic mass is 10.2. The Bertz CT molecular complexity index is 794. The predicted molar refractivity (Wildman–Crippen MR) is 108 cm³/mol. The van der Waals surface area contributed by atoms with Crippen molar-refractivity contribution in [3.63, 3.8) is 0 Å². The normalized spacial score (nSPS) is 16.1. The Balaban J connectivity index is 0.000000552. The van der Waals surface area contributed by atoms with Crippen LogP contribution in [0.4, 0.5) is 0 Å². The summed E-state index contributed by atoms with van der Waals surface area (Å²) in [5.74, 6) is 0.977. The van der Waals surface area contributed by atoms with Crippen LogP contribution in [0.5, 0.6) is 0 Å². The van der Waals surface area contributed by atoms with Crippen molar-refractivity contribution in [2.45, 2.75) is 6.04 Å². The minimum atomic E-state index is -0.186. The number of thiocarbonyl (C=S) groups is 2. The molecular weight excluding hydrogens is 394 g/mol. The monoisotopic (exact) mass is 411 g/mol. The molecule has 2 aromatic rings. The summed E-state index contributed by atoms with van der Waals surface area (Å²) >= 11 is 15.5. The van der Waals surface area contributed by atoms with Gasteiger partial charge < -0.3 is 19.5 Å². The number of hydrogen-bond acceptors (Lipinski definition) is 7. The van der Waals surface area contributed by atoms with Gasteiger partial charge in [-0.3, -0.25) is 0 Å². The van der Waals surface area contributed by atoms with Gasteiger partial charge in [-0.2, -0.15) is 4.98 Å². The number of isothiocyanates is 1. The van der Waals surface area contributed by atoms with Crippen molar-refractivity contribution < 1.29 is 9.26 Å². The molecule has 0 amide bonds. The second-order valence-electron chi connectivity index (χ2n) is 5.12. The van der Waals surface area contributed by atoms with E-state index in [1.807, 2.05) is 17.0 Å². The third-order valence-corrected chi connectivity index (χ3v) is 4.36. The van der Waals surface area contributed by atoms with E-state index in [1.54, 1.807) is 26.2 Å². The topological polar surface area (TPSA) is 75.8 Å². The van der Waals surface area contributed by atoms with Gasteiger partial charge in [-0.1, -0.05) is 28.9 Å². The lowest BCUT2D eigenvalue weighted by Crippen LogP contribution is -2.47. The smallest absolute Gasteiger partial charge is 0.252 e. The number of hydrogen-bond donors (Lipinski definition) is 1. The first kappa shape index (κ1) is 20.4. The van der Waals surface area contributed by atoms with Crippen LogP contribution in [-0.4, -0.2) is 59.2 Å². The molecule has 0 spiro atoms. The number of nitrogens with zero attached hydrogens (tertiary/aromatic N) is 4. The number of rotatable bonds is 2. The molecular formula is C16H18ClN5O2S2. The summed E-state index contributed by atoms with van der Waals surface area (Å²) in [6.45, 7) is 1.76. The molecule has 26 heavy (non-hydrogen) atoms. The number of ether oxygens (including phenoxy) is 1. The maximum absolute atomic E-state index is 5.99. The van der Waals surface area contributed by atoms with Crippen LogP contribution in [0.15, 0.2) is 33.8 Å². The highest BCUT2D eigenvalue weighted by atomic mass is 35.5. The fraction of sp³-hybridized carbons (Fsp3) is 0.375. The van der Waals surface area contributed by atoms with Crippen molar-refractivity contribution >= 4 is 46.3 Å². The van der Waals surface area contributed by atoms with E-state index in [2.05, 4.69) is 37.8 Å². The van der Waals surface area contributed by atoms with Gasteiger partial charge >= 0.3 is 0 Å². The zero-order valence-corrected chi connectivity index (χ0v) is 16.7. The van der Waals surface area contributed by atoms with Gasteiger partial charge in [0, 0.05) is 31.2 Å². The molecule has 0 aliphatic carbocycles. The van der Waals surface area contributed by atoms with E-state index < -0.39 is 0 Å². The summed E-state index contributed by atoms with van der Waals surface area (Å²) in [4.78, 5) is 9.76. The van der Waals surface area contributed by atoms with Crippen LogP contribution in [0.25, 0.3) is 11.4 Å². The number of aromatic nitrogens is 2. The van der Waals surface area contributed by atoms with Crippen LogP contribution in [-0.2, 0) is 4.74 Å². The van der Waals surface area contributed by atoms with E-state index in [0.717, 1.165) is 5.56 Å². The third kappa shape index (κ3) is 5.30. The zero-order valence-electron chi connectivity index (χ0n) is 14.3. The predicted octanol–water partition coefficient (Wildman–Crippen LogP) is 2.99. The molecule has 0 bridgehead atoms. The van der Waals surface area contributed by atoms with Crippen LogP contribution in [0.1, 0.15) is 11.9 Å². The molecule has 1 aromatic carbocycles. The maximum atomic E-state index is 5.99. The van der Waals surface area contributed by atoms with Gasteiger partial charge in [-0.25, -0.2) is 4.99 Å². The van der Waals surface area contributed by atoms with Crippen molar-refractivity contribution in [2.75, 3.05) is 33.9 Å². The Morgan fingerprint density at radius 1 is 1.50 bits per heavy atom. The molecule has 7 nitrogen and oxygen atoms in total. The van der Waals surface area contributed by atoms with E-state index in [9.17, 15) is 0 Å². The van der Waals surface area contributed by atoms with Gasteiger partial charge in [-0.15, -0.1) is 0 Å². The van der Waals surface area contributed by atoms with E-state index in [-0.39, 0.29) is 6.04 Å². The fourth-order valence-corrected chi connectivity index (χ4v) is 2.72. The fourth-order valence-electron chi connectivity index (χ4n) is 2.31. The van der Waals surface area contributed by atoms with Gasteiger partial charge in [0.25, 0.3) is 5.89 Å². The molecule has 1 aromatic heterocycles. The summed E-state index contributed by atoms with van der Waals surface area (Å²) in [5, 5.41) is 10.4. The lowest BCUT2D eigenvalue weighted by Gasteiger charge is -2.34. The van der Waals surface area contributed by atoms with E-state index >= 15 is 0 Å². The van der Waals surface area contributed by atoms with E-state index in [0.29, 0.717) is 41.6 Å². The van der Waals surface area contributed by atoms with Gasteiger partial charge in [0.05, 0.1) is 18.4 Å². The quantitative estimate of drug-likeness (QED) is 0.597. The average Bonchev–Trinajstić information content (AvgIpc) is 3.17. The highest BCUT2D eigenvalue weighted by molar-refractivity contribution is 7.80. The molecule has 2 heterocycles. The minimum Gasteiger partial charge on any atom is -0.377 e. The second kappa shape index (κ2) is 10.3. The summed E-state index contributed by atoms with van der Waals surface area (Å²) in [6.07, 6.45) is 0. The van der Waals surface area contributed by atoms with Crippen LogP contribution >= 0.6 is 36.0 Å². The average molecular weight is 412 g/mol. The van der Waals surface area contributed by atoms with Crippen LogP contribution in [0.3, 0.4) is 0 Å². The Labute approximate surface area is 167 Å². The maximum Gasteiger partial charge on any atom is 0.252 e. The van der Waals surface area contributed by atoms with Gasteiger partial charge in [0.1, 0.15) is 6.04 Å². The minimum absolute atomic E-state index is 0.186. The van der Waals surface area contributed by atoms with E-state index in [4.69, 9.17) is 33.1 Å². The van der Waals surface area contributed by atoms with E-state index in [1.165, 1.54) is 0 Å². The summed E-state index contributed by atoms with van der Waals surface area (Å²) in [5.41, 5.74) is 0.807. The van der Waals surface area contributed by atoms with Crippen molar-refractivity contribution in [2.24, 2.45) is 4.99 Å². The van der Waals surface area contributed by atoms with Crippen LogP contribution < -0.4 is 5.32 Å². The first-order valence-corrected chi connectivity index (χ1v) is 8.91. The SMILES string of the molecule is CN=C=S.CNC(=S)N1CCOCC1c1nc(-c2cccc(Cl)c2)no1. The molecule has 0 saturated carbocycles. The van der Waals surface area contributed by atoms with Crippen molar-refractivity contribution in [3.05, 3.63) is 35.2 Å². The highest BCUT2D eigenvalue weighted by Crippen LogP contribution is 2.26. The van der Waals surface area contributed by atoms with Crippen LogP contribution in [0.2, 0.25) is 5.02 Å². The molecule has 3 rings (SSSR count).